The molecular formula is C27H33Br2N9O6. The Hall–Kier alpha value is -4.22. The highest BCUT2D eigenvalue weighted by molar-refractivity contribution is 9.10. The largest absolute Gasteiger partial charge is 0.397 e. The first kappa shape index (κ1) is 36.0. The maximum Gasteiger partial charge on any atom is 0.337 e. The van der Waals surface area contributed by atoms with Crippen molar-refractivity contribution >= 4 is 66.0 Å². The van der Waals surface area contributed by atoms with E-state index in [9.17, 15) is 25.0 Å². The van der Waals surface area contributed by atoms with Crippen LogP contribution in [0.5, 0.6) is 0 Å². The first-order chi connectivity index (χ1) is 20.8. The number of nitro groups is 2. The third-order valence-electron chi connectivity index (χ3n) is 5.91. The standard InChI is InChI=1S/C9H11BrN4O2.C8H9N3.C6H5BrN2O3.C4H8O/c1-6-9(14(15)16)7(4-12-13(2)3)8(10)5-11-6;1-5-8-6(2-3-10-8)7(9)4-11-5;1-3-4(7)2-8-6(10)5(3)9(11)12;1-2-4-5-3-1/h4-5H,1-3H3;2-4,10H,9H2,1H3;2H,1H3,(H,8,10);1-4H2/b12-4+;;;. The highest BCUT2D eigenvalue weighted by Crippen LogP contribution is 2.27. The van der Waals surface area contributed by atoms with Crippen molar-refractivity contribution < 1.29 is 14.6 Å². The van der Waals surface area contributed by atoms with Crippen LogP contribution in [0.2, 0.25) is 0 Å². The first-order valence-corrected chi connectivity index (χ1v) is 14.6. The molecule has 0 aliphatic carbocycles. The van der Waals surface area contributed by atoms with Crippen molar-refractivity contribution in [3.05, 3.63) is 92.9 Å². The first-order valence-electron chi connectivity index (χ1n) is 13.0. The number of nitrogens with one attached hydrogen (secondary N) is 2. The third kappa shape index (κ3) is 10.2. The highest BCUT2D eigenvalue weighted by Gasteiger charge is 2.20. The van der Waals surface area contributed by atoms with E-state index < -0.39 is 21.1 Å². The minimum absolute atomic E-state index is 0.0278. The van der Waals surface area contributed by atoms with Crippen LogP contribution in [0, 0.1) is 41.0 Å². The van der Waals surface area contributed by atoms with Crippen LogP contribution in [0.4, 0.5) is 17.1 Å². The topological polar surface area (TPSA) is 212 Å². The zero-order chi connectivity index (χ0) is 33.0. The number of nitrogens with zero attached hydrogens (tertiary/aromatic N) is 6. The molecule has 0 bridgehead atoms. The summed E-state index contributed by atoms with van der Waals surface area (Å²) < 4.78 is 6.02. The van der Waals surface area contributed by atoms with Crippen LogP contribution < -0.4 is 11.3 Å². The van der Waals surface area contributed by atoms with E-state index in [2.05, 4.69) is 56.9 Å². The van der Waals surface area contributed by atoms with E-state index in [0.717, 1.165) is 35.5 Å². The van der Waals surface area contributed by atoms with Crippen LogP contribution >= 0.6 is 31.9 Å². The number of nitrogens with two attached hydrogens (primary N) is 1. The number of fused-ring (bicyclic) bond motifs is 1. The van der Waals surface area contributed by atoms with Crippen molar-refractivity contribution in [3.63, 3.8) is 0 Å². The van der Waals surface area contributed by atoms with E-state index in [0.29, 0.717) is 25.8 Å². The van der Waals surface area contributed by atoms with Crippen molar-refractivity contribution in [2.24, 2.45) is 5.10 Å². The summed E-state index contributed by atoms with van der Waals surface area (Å²) in [5, 5.41) is 27.9. The molecule has 0 atom stereocenters. The van der Waals surface area contributed by atoms with Gasteiger partial charge in [0, 0.05) is 61.3 Å². The number of aromatic amines is 2. The Bertz CT molecular complexity index is 1640. The number of rotatable bonds is 4. The third-order valence-corrected chi connectivity index (χ3v) is 7.37. The fraction of sp³-hybridized carbons (Fsp3) is 0.333. The van der Waals surface area contributed by atoms with Crippen molar-refractivity contribution in [2.75, 3.05) is 33.0 Å². The van der Waals surface area contributed by atoms with E-state index in [1.807, 2.05) is 19.2 Å². The van der Waals surface area contributed by atoms with Gasteiger partial charge in [-0.2, -0.15) is 5.10 Å². The summed E-state index contributed by atoms with van der Waals surface area (Å²) in [5.74, 6) is 0. The molecule has 0 unspecified atom stereocenters. The number of hydrogen-bond donors (Lipinski definition) is 3. The normalized spacial score (nSPS) is 12.0. The molecule has 17 heteroatoms. The number of hydrogen-bond acceptors (Lipinski definition) is 11. The van der Waals surface area contributed by atoms with Gasteiger partial charge in [0.1, 0.15) is 5.69 Å². The molecule has 5 rings (SSSR count). The molecule has 0 amide bonds. The Morgan fingerprint density at radius 2 is 1.61 bits per heavy atom. The summed E-state index contributed by atoms with van der Waals surface area (Å²) in [4.78, 5) is 44.4. The summed E-state index contributed by atoms with van der Waals surface area (Å²) in [6.45, 7) is 7.06. The van der Waals surface area contributed by atoms with Crippen LogP contribution in [-0.4, -0.2) is 68.3 Å². The van der Waals surface area contributed by atoms with Gasteiger partial charge in [-0.25, -0.2) is 0 Å². The molecule has 0 spiro atoms. The maximum atomic E-state index is 10.9. The number of pyridine rings is 3. The molecule has 15 nitrogen and oxygen atoms in total. The lowest BCUT2D eigenvalue weighted by Crippen LogP contribution is -2.12. The number of anilines is 1. The molecule has 236 valence electrons. The number of aromatic nitrogens is 4. The van der Waals surface area contributed by atoms with Crippen LogP contribution in [-0.2, 0) is 4.74 Å². The van der Waals surface area contributed by atoms with Crippen LogP contribution in [0.3, 0.4) is 0 Å². The highest BCUT2D eigenvalue weighted by atomic mass is 79.9. The molecule has 4 aromatic heterocycles. The molecule has 4 aromatic rings. The number of H-pyrrole nitrogens is 2. The van der Waals surface area contributed by atoms with Crippen LogP contribution in [0.1, 0.15) is 35.4 Å². The maximum absolute atomic E-state index is 10.9. The zero-order valence-corrected chi connectivity index (χ0v) is 27.9. The van der Waals surface area contributed by atoms with Gasteiger partial charge in [0.05, 0.1) is 49.2 Å². The Kier molecular flexibility index (Phi) is 14.0. The van der Waals surface area contributed by atoms with Crippen LogP contribution in [0.25, 0.3) is 10.9 Å². The predicted molar refractivity (Wildman–Crippen MR) is 176 cm³/mol. The molecule has 44 heavy (non-hydrogen) atoms. The van der Waals surface area contributed by atoms with E-state index in [-0.39, 0.29) is 5.69 Å². The van der Waals surface area contributed by atoms with Gasteiger partial charge in [0.25, 0.3) is 5.69 Å². The second kappa shape index (κ2) is 17.2. The summed E-state index contributed by atoms with van der Waals surface area (Å²) in [5.41, 5.74) is 8.44. The smallest absolute Gasteiger partial charge is 0.337 e. The minimum atomic E-state index is -0.696. The average Bonchev–Trinajstić information content (AvgIpc) is 3.70. The fourth-order valence-electron chi connectivity index (χ4n) is 3.65. The quantitative estimate of drug-likeness (QED) is 0.135. The monoisotopic (exact) mass is 737 g/mol. The fourth-order valence-corrected chi connectivity index (χ4v) is 4.34. The number of hydrazone groups is 1. The van der Waals surface area contributed by atoms with Gasteiger partial charge >= 0.3 is 11.2 Å². The molecule has 0 aromatic carbocycles. The van der Waals surface area contributed by atoms with E-state index in [4.69, 9.17) is 10.5 Å². The molecule has 0 saturated carbocycles. The minimum Gasteiger partial charge on any atom is -0.397 e. The number of aryl methyl sites for hydroxylation is 2. The second-order valence-corrected chi connectivity index (χ2v) is 11.1. The van der Waals surface area contributed by atoms with Crippen molar-refractivity contribution in [3.8, 4) is 0 Å². The number of halogens is 2. The number of nitrogen functional groups attached to an aromatic ring is 1. The van der Waals surface area contributed by atoms with Gasteiger partial charge in [-0.05, 0) is 71.5 Å². The predicted octanol–water partition coefficient (Wildman–Crippen LogP) is 5.56. The van der Waals surface area contributed by atoms with Gasteiger partial charge in [0.2, 0.25) is 0 Å². The number of ether oxygens (including phenoxy) is 1. The van der Waals surface area contributed by atoms with Gasteiger partial charge < -0.3 is 25.4 Å². The Balaban J connectivity index is 0.000000216. The lowest BCUT2D eigenvalue weighted by molar-refractivity contribution is -0.387. The molecule has 1 aliphatic heterocycles. The Morgan fingerprint density at radius 1 is 1.00 bits per heavy atom. The summed E-state index contributed by atoms with van der Waals surface area (Å²) >= 11 is 6.30. The molecular weight excluding hydrogens is 706 g/mol. The van der Waals surface area contributed by atoms with E-state index in [1.165, 1.54) is 38.4 Å². The van der Waals surface area contributed by atoms with Gasteiger partial charge in [-0.15, -0.1) is 0 Å². The lowest BCUT2D eigenvalue weighted by atomic mass is 10.2. The molecule has 1 fully saturated rings. The molecule has 0 radical (unpaired) electrons. The van der Waals surface area contributed by atoms with Gasteiger partial charge in [-0.1, -0.05) is 0 Å². The van der Waals surface area contributed by atoms with Gasteiger partial charge in [-0.3, -0.25) is 35.0 Å². The van der Waals surface area contributed by atoms with E-state index >= 15 is 0 Å². The summed E-state index contributed by atoms with van der Waals surface area (Å²) in [6, 6.07) is 1.96. The molecule has 1 saturated heterocycles. The van der Waals surface area contributed by atoms with E-state index in [1.54, 1.807) is 32.2 Å². The van der Waals surface area contributed by atoms with Crippen molar-refractivity contribution in [2.45, 2.75) is 33.6 Å². The average molecular weight is 739 g/mol. The lowest BCUT2D eigenvalue weighted by Gasteiger charge is -2.05. The molecule has 1 aliphatic rings. The summed E-state index contributed by atoms with van der Waals surface area (Å²) in [7, 11) is 3.48. The van der Waals surface area contributed by atoms with Crippen molar-refractivity contribution in [1.82, 2.24) is 24.9 Å². The van der Waals surface area contributed by atoms with Crippen LogP contribution in [0.15, 0.2) is 49.7 Å². The summed E-state index contributed by atoms with van der Waals surface area (Å²) in [6.07, 6.45) is 10.5. The molecule has 5 heterocycles. The zero-order valence-electron chi connectivity index (χ0n) is 24.8. The van der Waals surface area contributed by atoms with Gasteiger partial charge in [0.15, 0.2) is 0 Å². The Morgan fingerprint density at radius 3 is 2.11 bits per heavy atom. The molecule has 4 N–H and O–H groups in total. The van der Waals surface area contributed by atoms with Crippen molar-refractivity contribution in [1.29, 1.82) is 0 Å². The SMILES string of the molecule is C1CCOC1.Cc1c(Br)c[nH]c(=O)c1[N+](=O)[O-].Cc1ncc(Br)c(/C=N/N(C)C)c1[N+](=O)[O-].Cc1ncc(N)c2cc[nH]c12. The Labute approximate surface area is 269 Å². The second-order valence-electron chi connectivity index (χ2n) is 9.38.